The number of hydrogen-bond acceptors (Lipinski definition) is 4. The van der Waals surface area contributed by atoms with E-state index in [-0.39, 0.29) is 18.2 Å². The molecule has 1 aliphatic carbocycles. The summed E-state index contributed by atoms with van der Waals surface area (Å²) in [6.07, 6.45) is 2.77. The molecule has 0 spiro atoms. The number of nitrogens with zero attached hydrogens (tertiary/aromatic N) is 1. The summed E-state index contributed by atoms with van der Waals surface area (Å²) < 4.78 is 1.13. The third-order valence-corrected chi connectivity index (χ3v) is 5.75. The van der Waals surface area contributed by atoms with Crippen LogP contribution in [-0.2, 0) is 0 Å². The van der Waals surface area contributed by atoms with Gasteiger partial charge in [0.1, 0.15) is 0 Å². The van der Waals surface area contributed by atoms with Crippen molar-refractivity contribution in [3.63, 3.8) is 0 Å². The summed E-state index contributed by atoms with van der Waals surface area (Å²) in [7, 11) is 2.15. The normalized spacial score (nSPS) is 26.2. The minimum Gasteiger partial charge on any atom is -0.393 e. The Balaban J connectivity index is 2.04. The van der Waals surface area contributed by atoms with E-state index >= 15 is 0 Å². The van der Waals surface area contributed by atoms with Crippen LogP contribution in [0, 0.1) is 5.92 Å². The molecule has 108 valence electrons. The first-order valence-corrected chi connectivity index (χ1v) is 8.56. The Hall–Kier alpha value is 0.0600. The van der Waals surface area contributed by atoms with Gasteiger partial charge in [-0.15, -0.1) is 11.3 Å². The number of aliphatic hydroxyl groups excluding tert-OH is 1. The zero-order valence-corrected chi connectivity index (χ0v) is 14.0. The van der Waals surface area contributed by atoms with E-state index in [2.05, 4.69) is 46.2 Å². The van der Waals surface area contributed by atoms with Crippen molar-refractivity contribution in [3.05, 3.63) is 20.8 Å². The summed E-state index contributed by atoms with van der Waals surface area (Å²) in [5.41, 5.74) is 6.32. The molecule has 0 bridgehead atoms. The van der Waals surface area contributed by atoms with E-state index in [9.17, 15) is 5.11 Å². The summed E-state index contributed by atoms with van der Waals surface area (Å²) in [4.78, 5) is 3.69. The molecule has 1 aromatic heterocycles. The molecule has 0 amide bonds. The molecule has 3 nitrogen and oxygen atoms in total. The van der Waals surface area contributed by atoms with Gasteiger partial charge in [0.2, 0.25) is 0 Å². The lowest BCUT2D eigenvalue weighted by molar-refractivity contribution is 0.0200. The van der Waals surface area contributed by atoms with Crippen LogP contribution in [0.2, 0.25) is 0 Å². The quantitative estimate of drug-likeness (QED) is 0.832. The third-order valence-electron chi connectivity index (χ3n) is 3.99. The minimum atomic E-state index is -0.0763. The molecule has 2 atom stereocenters. The molecule has 1 fully saturated rings. The molecule has 1 saturated carbocycles. The second-order valence-electron chi connectivity index (χ2n) is 5.62. The molecule has 19 heavy (non-hydrogen) atoms. The van der Waals surface area contributed by atoms with Crippen LogP contribution >= 0.6 is 27.3 Å². The van der Waals surface area contributed by atoms with Gasteiger partial charge in [0.05, 0.1) is 12.1 Å². The Morgan fingerprint density at radius 1 is 1.58 bits per heavy atom. The topological polar surface area (TPSA) is 49.5 Å². The zero-order chi connectivity index (χ0) is 14.0. The van der Waals surface area contributed by atoms with Crippen molar-refractivity contribution in [1.29, 1.82) is 0 Å². The van der Waals surface area contributed by atoms with Crippen molar-refractivity contribution in [1.82, 2.24) is 4.90 Å². The van der Waals surface area contributed by atoms with E-state index in [4.69, 9.17) is 5.73 Å². The lowest BCUT2D eigenvalue weighted by Gasteiger charge is -2.39. The molecule has 1 aliphatic rings. The summed E-state index contributed by atoms with van der Waals surface area (Å²) in [5.74, 6) is 0.620. The van der Waals surface area contributed by atoms with Crippen molar-refractivity contribution in [2.24, 2.45) is 11.7 Å². The van der Waals surface area contributed by atoms with Crippen molar-refractivity contribution < 1.29 is 5.11 Å². The van der Waals surface area contributed by atoms with Gasteiger partial charge in [0.25, 0.3) is 0 Å². The minimum absolute atomic E-state index is 0.0763. The molecule has 0 aliphatic heterocycles. The summed E-state index contributed by atoms with van der Waals surface area (Å²) in [6.45, 7) is 3.16. The van der Waals surface area contributed by atoms with Crippen LogP contribution in [0.5, 0.6) is 0 Å². The number of halogens is 1. The number of hydrogen-bond donors (Lipinski definition) is 2. The average molecular weight is 347 g/mol. The van der Waals surface area contributed by atoms with Gasteiger partial charge >= 0.3 is 0 Å². The Labute approximate surface area is 127 Å². The van der Waals surface area contributed by atoms with Gasteiger partial charge in [0.15, 0.2) is 0 Å². The lowest BCUT2D eigenvalue weighted by atomic mass is 9.82. The number of rotatable bonds is 6. The highest BCUT2D eigenvalue weighted by Gasteiger charge is 2.32. The maximum atomic E-state index is 9.40. The Kier molecular flexibility index (Phi) is 5.43. The highest BCUT2D eigenvalue weighted by Crippen LogP contribution is 2.34. The first kappa shape index (κ1) is 15.4. The Bertz CT molecular complexity index is 406. The molecule has 2 unspecified atom stereocenters. The summed E-state index contributed by atoms with van der Waals surface area (Å²) in [6, 6.07) is 2.61. The zero-order valence-electron chi connectivity index (χ0n) is 11.6. The third kappa shape index (κ3) is 3.79. The molecule has 1 heterocycles. The van der Waals surface area contributed by atoms with Gasteiger partial charge in [-0.25, -0.2) is 0 Å². The van der Waals surface area contributed by atoms with Gasteiger partial charge in [-0.05, 0) is 54.2 Å². The molecular formula is C14H23BrN2OS. The molecule has 0 aromatic carbocycles. The van der Waals surface area contributed by atoms with E-state index in [1.54, 1.807) is 11.3 Å². The number of nitrogens with two attached hydrogens (primary N) is 1. The SMILES string of the molecule is CCC(N)C(c1cc(Br)cs1)N(C)CC1CC(O)C1. The number of likely N-dealkylation sites (N-methyl/N-ethyl adjacent to an activating group) is 1. The Morgan fingerprint density at radius 2 is 2.26 bits per heavy atom. The van der Waals surface area contributed by atoms with Gasteiger partial charge in [-0.1, -0.05) is 6.92 Å². The average Bonchev–Trinajstić information content (AvgIpc) is 2.73. The van der Waals surface area contributed by atoms with E-state index in [1.165, 1.54) is 4.88 Å². The van der Waals surface area contributed by atoms with Crippen molar-refractivity contribution in [2.45, 2.75) is 44.4 Å². The lowest BCUT2D eigenvalue weighted by Crippen LogP contribution is -2.43. The highest BCUT2D eigenvalue weighted by atomic mass is 79.9. The molecule has 3 N–H and O–H groups in total. The first-order valence-electron chi connectivity index (χ1n) is 6.89. The van der Waals surface area contributed by atoms with Crippen LogP contribution in [-0.4, -0.2) is 35.7 Å². The fourth-order valence-electron chi connectivity index (χ4n) is 2.83. The van der Waals surface area contributed by atoms with Crippen LogP contribution in [0.25, 0.3) is 0 Å². The molecule has 1 aromatic rings. The smallest absolute Gasteiger partial charge is 0.0591 e. The monoisotopic (exact) mass is 346 g/mol. The van der Waals surface area contributed by atoms with Crippen LogP contribution in [0.3, 0.4) is 0 Å². The first-order chi connectivity index (χ1) is 9.01. The maximum Gasteiger partial charge on any atom is 0.0591 e. The standard InChI is InChI=1S/C14H23BrN2OS/c1-3-12(16)14(13-6-10(15)8-19-13)17(2)7-9-4-11(18)5-9/h6,8-9,11-12,14,18H,3-5,7,16H2,1-2H3. The molecule has 0 radical (unpaired) electrons. The Morgan fingerprint density at radius 3 is 2.74 bits per heavy atom. The van der Waals surface area contributed by atoms with Crippen LogP contribution < -0.4 is 5.73 Å². The predicted molar refractivity (Wildman–Crippen MR) is 84.4 cm³/mol. The van der Waals surface area contributed by atoms with Crippen LogP contribution in [0.1, 0.15) is 37.1 Å². The van der Waals surface area contributed by atoms with E-state index in [0.717, 1.165) is 30.3 Å². The molecule has 5 heteroatoms. The fourth-order valence-corrected chi connectivity index (χ4v) is 4.52. The van der Waals surface area contributed by atoms with Crippen molar-refractivity contribution in [2.75, 3.05) is 13.6 Å². The molecule has 2 rings (SSSR count). The predicted octanol–water partition coefficient (Wildman–Crippen LogP) is 2.99. The van der Waals surface area contributed by atoms with E-state index in [0.29, 0.717) is 5.92 Å². The summed E-state index contributed by atoms with van der Waals surface area (Å²) >= 11 is 5.29. The van der Waals surface area contributed by atoms with Crippen LogP contribution in [0.4, 0.5) is 0 Å². The van der Waals surface area contributed by atoms with Gasteiger partial charge in [-0.2, -0.15) is 0 Å². The number of aliphatic hydroxyl groups is 1. The second kappa shape index (κ2) is 6.68. The number of thiophene rings is 1. The largest absolute Gasteiger partial charge is 0.393 e. The highest BCUT2D eigenvalue weighted by molar-refractivity contribution is 9.10. The van der Waals surface area contributed by atoms with Crippen molar-refractivity contribution >= 4 is 27.3 Å². The molecular weight excluding hydrogens is 324 g/mol. The van der Waals surface area contributed by atoms with Crippen molar-refractivity contribution in [3.8, 4) is 0 Å². The summed E-state index contributed by atoms with van der Waals surface area (Å²) in [5, 5.41) is 11.5. The van der Waals surface area contributed by atoms with E-state index in [1.807, 2.05) is 0 Å². The van der Waals surface area contributed by atoms with Crippen LogP contribution in [0.15, 0.2) is 15.9 Å². The van der Waals surface area contributed by atoms with E-state index < -0.39 is 0 Å². The second-order valence-corrected chi connectivity index (χ2v) is 7.47. The van der Waals surface area contributed by atoms with Gasteiger partial charge in [-0.3, -0.25) is 4.90 Å². The molecule has 0 saturated heterocycles. The van der Waals surface area contributed by atoms with Gasteiger partial charge in [0, 0.05) is 27.3 Å². The fraction of sp³-hybridized carbons (Fsp3) is 0.714. The maximum absolute atomic E-state index is 9.40. The van der Waals surface area contributed by atoms with Gasteiger partial charge < -0.3 is 10.8 Å².